The summed E-state index contributed by atoms with van der Waals surface area (Å²) in [6, 6.07) is 0. The van der Waals surface area contributed by atoms with Crippen LogP contribution < -0.4 is 5.32 Å². The second-order valence-corrected chi connectivity index (χ2v) is 12.4. The van der Waals surface area contributed by atoms with E-state index in [0.717, 1.165) is 6.42 Å². The summed E-state index contributed by atoms with van der Waals surface area (Å²) in [6.07, 6.45) is 12.5. The molecule has 0 saturated carbocycles. The summed E-state index contributed by atoms with van der Waals surface area (Å²) in [7, 11) is 0. The van der Waals surface area contributed by atoms with Gasteiger partial charge in [0, 0.05) is 24.0 Å². The van der Waals surface area contributed by atoms with Crippen molar-refractivity contribution in [2.45, 2.75) is 72.6 Å². The number of alkyl halides is 3. The van der Waals surface area contributed by atoms with Crippen LogP contribution in [0, 0.1) is 35.0 Å². The van der Waals surface area contributed by atoms with Crippen LogP contribution in [0.2, 0.25) is 0 Å². The molecule has 5 nitrogen and oxygen atoms in total. The largest absolute Gasteiger partial charge is 0.490 e. The average molecular weight is 562 g/mol. The van der Waals surface area contributed by atoms with Crippen molar-refractivity contribution in [2.75, 3.05) is 6.54 Å². The molecule has 3 aliphatic carbocycles. The van der Waals surface area contributed by atoms with Crippen LogP contribution in [0.3, 0.4) is 0 Å². The van der Waals surface area contributed by atoms with E-state index in [2.05, 4.69) is 26.1 Å². The van der Waals surface area contributed by atoms with Crippen molar-refractivity contribution in [3.05, 3.63) is 71.6 Å². The van der Waals surface area contributed by atoms with Gasteiger partial charge in [-0.3, -0.25) is 9.59 Å². The maximum atomic E-state index is 14.3. The van der Waals surface area contributed by atoms with Crippen LogP contribution in [0.25, 0.3) is 0 Å². The molecule has 0 radical (unpaired) electrons. The fraction of sp³-hybridized carbons (Fsp3) is 0.562. The lowest BCUT2D eigenvalue weighted by Gasteiger charge is -2.34. The Bertz CT molecular complexity index is 1120. The molecule has 0 spiro atoms. The number of carbonyl (C=O) groups is 2. The predicted molar refractivity (Wildman–Crippen MR) is 150 cm³/mol. The molecular weight excluding hydrogens is 519 g/mol. The number of carbonyl (C=O) groups excluding carboxylic acids is 1. The first-order valence-corrected chi connectivity index (χ1v) is 14.0. The van der Waals surface area contributed by atoms with Gasteiger partial charge in [0.15, 0.2) is 0 Å². The van der Waals surface area contributed by atoms with Crippen molar-refractivity contribution in [2.24, 2.45) is 35.0 Å². The molecule has 0 heterocycles. The Labute approximate surface area is 235 Å². The number of nitrogens with one attached hydrogen (secondary N) is 1. The zero-order valence-electron chi connectivity index (χ0n) is 24.0. The minimum absolute atomic E-state index is 0.0353. The number of hydrogen-bond donors (Lipinski definition) is 2. The monoisotopic (exact) mass is 561 g/mol. The molecule has 0 aliphatic heterocycles. The fourth-order valence-corrected chi connectivity index (χ4v) is 5.29. The van der Waals surface area contributed by atoms with Crippen LogP contribution in [0.5, 0.6) is 0 Å². The highest BCUT2D eigenvalue weighted by atomic mass is 19.4. The van der Waals surface area contributed by atoms with Gasteiger partial charge in [0.2, 0.25) is 0 Å². The molecule has 2 N–H and O–H groups in total. The molecule has 1 amide bonds. The average Bonchev–Trinajstić information content (AvgIpc) is 2.87. The predicted octanol–water partition coefficient (Wildman–Crippen LogP) is 7.31. The van der Waals surface area contributed by atoms with E-state index in [4.69, 9.17) is 9.84 Å². The molecule has 0 aromatic rings. The molecule has 3 aliphatic rings. The number of rotatable bonds is 10. The van der Waals surface area contributed by atoms with E-state index >= 15 is 0 Å². The lowest BCUT2D eigenvalue weighted by atomic mass is 9.73. The van der Waals surface area contributed by atoms with Gasteiger partial charge in [-0.25, -0.2) is 0 Å². The Morgan fingerprint density at radius 3 is 2.30 bits per heavy atom. The summed E-state index contributed by atoms with van der Waals surface area (Å²) in [5, 5.41) is 11.3. The molecule has 3 rings (SSSR count). The molecular formula is C32H42F3NO4. The van der Waals surface area contributed by atoms with Crippen LogP contribution in [-0.4, -0.2) is 35.8 Å². The number of allylic oxidation sites excluding steroid dienone is 8. The topological polar surface area (TPSA) is 75.6 Å². The SMILES string of the molecule is CC(C)CC(OC1=CC(C(F)(F)F)C(C2=CCC(C(C)(C)C)C=C2)C=C1)C1C=CC(C(=O)NCCC(=O)O)=CC1. The van der Waals surface area contributed by atoms with Crippen LogP contribution in [0.15, 0.2) is 71.6 Å². The first-order chi connectivity index (χ1) is 18.6. The van der Waals surface area contributed by atoms with Crippen molar-refractivity contribution in [1.82, 2.24) is 5.32 Å². The highest BCUT2D eigenvalue weighted by Crippen LogP contribution is 2.44. The Balaban J connectivity index is 1.72. The van der Waals surface area contributed by atoms with Gasteiger partial charge in [-0.2, -0.15) is 13.2 Å². The standard InChI is InChI=1S/C32H42F3NO4/c1-20(2)18-28(22-6-8-23(9-7-22)30(39)36-17-16-29(37)38)40-25-14-15-26(27(19-25)32(33,34)35)21-10-12-24(13-11-21)31(3,4)5/h6,8-12,14-15,19-20,22,24,26-28H,7,13,16-18H2,1-5H3,(H,36,39)(H,37,38). The second-order valence-electron chi connectivity index (χ2n) is 12.4. The molecule has 0 fully saturated rings. The van der Waals surface area contributed by atoms with Gasteiger partial charge in [0.25, 0.3) is 5.91 Å². The van der Waals surface area contributed by atoms with Gasteiger partial charge < -0.3 is 15.2 Å². The summed E-state index contributed by atoms with van der Waals surface area (Å²) < 4.78 is 49.0. The smallest absolute Gasteiger partial charge is 0.396 e. The van der Waals surface area contributed by atoms with E-state index in [1.165, 1.54) is 6.08 Å². The van der Waals surface area contributed by atoms with E-state index in [1.54, 1.807) is 24.3 Å². The van der Waals surface area contributed by atoms with Gasteiger partial charge in [0.05, 0.1) is 12.3 Å². The quantitative estimate of drug-likeness (QED) is 0.293. The van der Waals surface area contributed by atoms with Gasteiger partial charge in [-0.05, 0) is 54.2 Å². The molecule has 0 bridgehead atoms. The van der Waals surface area contributed by atoms with Crippen LogP contribution >= 0.6 is 0 Å². The Morgan fingerprint density at radius 2 is 1.77 bits per heavy atom. The molecule has 40 heavy (non-hydrogen) atoms. The van der Waals surface area contributed by atoms with Crippen molar-refractivity contribution in [3.63, 3.8) is 0 Å². The van der Waals surface area contributed by atoms with Gasteiger partial charge in [-0.1, -0.05) is 77.2 Å². The second kappa shape index (κ2) is 13.1. The van der Waals surface area contributed by atoms with Crippen LogP contribution in [0.1, 0.15) is 60.3 Å². The number of carboxylic acids is 1. The number of carboxylic acid groups (broad SMARTS) is 1. The Kier molecular flexibility index (Phi) is 10.3. The number of amides is 1. The van der Waals surface area contributed by atoms with Crippen LogP contribution in [0.4, 0.5) is 13.2 Å². The maximum absolute atomic E-state index is 14.3. The Hall–Kier alpha value is -3.03. The third-order valence-electron chi connectivity index (χ3n) is 7.69. The third kappa shape index (κ3) is 8.73. The fourth-order valence-electron chi connectivity index (χ4n) is 5.29. The lowest BCUT2D eigenvalue weighted by Crippen LogP contribution is -2.33. The Morgan fingerprint density at radius 1 is 1.05 bits per heavy atom. The van der Waals surface area contributed by atoms with Crippen LogP contribution in [-0.2, 0) is 14.3 Å². The van der Waals surface area contributed by atoms with E-state index < -0.39 is 24.0 Å². The normalized spacial score (nSPS) is 25.7. The summed E-state index contributed by atoms with van der Waals surface area (Å²) in [4.78, 5) is 23.0. The van der Waals surface area contributed by atoms with Crippen molar-refractivity contribution < 1.29 is 32.6 Å². The van der Waals surface area contributed by atoms with Gasteiger partial charge in [0.1, 0.15) is 11.9 Å². The number of hydrogen-bond acceptors (Lipinski definition) is 3. The van der Waals surface area contributed by atoms with E-state index in [0.29, 0.717) is 24.0 Å². The third-order valence-corrected chi connectivity index (χ3v) is 7.69. The van der Waals surface area contributed by atoms with E-state index in [-0.39, 0.29) is 53.9 Å². The minimum Gasteiger partial charge on any atom is -0.490 e. The number of ether oxygens (including phenoxy) is 1. The molecule has 220 valence electrons. The summed E-state index contributed by atoms with van der Waals surface area (Å²) in [6.45, 7) is 10.5. The molecule has 5 atom stereocenters. The van der Waals surface area contributed by atoms with Gasteiger partial charge >= 0.3 is 12.1 Å². The summed E-state index contributed by atoms with van der Waals surface area (Å²) in [5.41, 5.74) is 1.16. The lowest BCUT2D eigenvalue weighted by molar-refractivity contribution is -0.168. The van der Waals surface area contributed by atoms with Crippen molar-refractivity contribution >= 4 is 11.9 Å². The zero-order chi connectivity index (χ0) is 29.7. The minimum atomic E-state index is -4.43. The van der Waals surface area contributed by atoms with Crippen molar-refractivity contribution in [3.8, 4) is 0 Å². The first kappa shape index (κ1) is 31.5. The number of aliphatic carboxylic acids is 1. The van der Waals surface area contributed by atoms with E-state index in [9.17, 15) is 22.8 Å². The summed E-state index contributed by atoms with van der Waals surface area (Å²) >= 11 is 0. The van der Waals surface area contributed by atoms with Crippen molar-refractivity contribution in [1.29, 1.82) is 0 Å². The molecule has 0 aromatic heterocycles. The maximum Gasteiger partial charge on any atom is 0.396 e. The number of halogens is 3. The molecule has 0 saturated heterocycles. The molecule has 5 unspecified atom stereocenters. The first-order valence-electron chi connectivity index (χ1n) is 14.0. The zero-order valence-corrected chi connectivity index (χ0v) is 24.0. The summed E-state index contributed by atoms with van der Waals surface area (Å²) in [5.74, 6) is -3.20. The van der Waals surface area contributed by atoms with Gasteiger partial charge in [-0.15, -0.1) is 0 Å². The highest BCUT2D eigenvalue weighted by Gasteiger charge is 2.45. The molecule has 8 heteroatoms. The highest BCUT2D eigenvalue weighted by molar-refractivity contribution is 5.96. The van der Waals surface area contributed by atoms with E-state index in [1.807, 2.05) is 38.2 Å². The molecule has 0 aromatic carbocycles.